The van der Waals surface area contributed by atoms with Crippen molar-refractivity contribution < 1.29 is 19.7 Å². The van der Waals surface area contributed by atoms with Crippen molar-refractivity contribution in [2.24, 2.45) is 5.92 Å². The molecule has 0 saturated heterocycles. The van der Waals surface area contributed by atoms with Crippen LogP contribution in [0.5, 0.6) is 0 Å². The fourth-order valence-corrected chi connectivity index (χ4v) is 1.72. The van der Waals surface area contributed by atoms with Crippen molar-refractivity contribution in [2.75, 3.05) is 6.61 Å². The molecule has 19 heavy (non-hydrogen) atoms. The molecule has 1 aromatic rings. The van der Waals surface area contributed by atoms with Crippen LogP contribution in [0.2, 0.25) is 0 Å². The van der Waals surface area contributed by atoms with E-state index in [1.54, 1.807) is 18.2 Å². The molecule has 0 spiro atoms. The maximum Gasteiger partial charge on any atom is 0.133 e. The van der Waals surface area contributed by atoms with E-state index in [0.717, 1.165) is 5.57 Å². The quantitative estimate of drug-likeness (QED) is 0.662. The van der Waals surface area contributed by atoms with Gasteiger partial charge in [-0.2, -0.15) is 0 Å². The van der Waals surface area contributed by atoms with Gasteiger partial charge in [-0.15, -0.1) is 5.73 Å². The first kappa shape index (κ1) is 15.7. The molecule has 106 valence electrons. The predicted octanol–water partition coefficient (Wildman–Crippen LogP) is 2.32. The van der Waals surface area contributed by atoms with Gasteiger partial charge in [0.05, 0.1) is 0 Å². The lowest BCUT2D eigenvalue weighted by Crippen LogP contribution is -1.96. The molecule has 1 atom stereocenters. The molecule has 1 heterocycles. The standard InChI is InChI=1S/C15H22O4/c1-11(2)12(8-9-16)4-3-5-14(18)15-7-6-13(10-17)19-15/h3,6-7,11,14,16-18H,5,8-10H2,1-2H3/t4?,14-/m1/s1. The Morgan fingerprint density at radius 1 is 1.37 bits per heavy atom. The second-order valence-corrected chi connectivity index (χ2v) is 4.72. The Morgan fingerprint density at radius 3 is 2.63 bits per heavy atom. The summed E-state index contributed by atoms with van der Waals surface area (Å²) < 4.78 is 5.25. The second kappa shape index (κ2) is 7.97. The SMILES string of the molecule is CC(C)C(=C=CC[C@@H](O)c1ccc(CO)o1)CCO. The van der Waals surface area contributed by atoms with Gasteiger partial charge >= 0.3 is 0 Å². The molecule has 1 aromatic heterocycles. The Hall–Kier alpha value is -1.32. The Morgan fingerprint density at radius 2 is 2.11 bits per heavy atom. The molecular formula is C15H22O4. The van der Waals surface area contributed by atoms with Crippen molar-refractivity contribution in [3.63, 3.8) is 0 Å². The van der Waals surface area contributed by atoms with Gasteiger partial charge < -0.3 is 19.7 Å². The van der Waals surface area contributed by atoms with E-state index in [9.17, 15) is 5.11 Å². The molecule has 0 bridgehead atoms. The summed E-state index contributed by atoms with van der Waals surface area (Å²) in [5, 5.41) is 27.7. The van der Waals surface area contributed by atoms with Gasteiger partial charge in [0.15, 0.2) is 0 Å². The molecule has 0 aliphatic heterocycles. The van der Waals surface area contributed by atoms with Crippen molar-refractivity contribution in [1.29, 1.82) is 0 Å². The van der Waals surface area contributed by atoms with E-state index in [1.165, 1.54) is 0 Å². The molecular weight excluding hydrogens is 244 g/mol. The number of aliphatic hydroxyl groups is 3. The maximum absolute atomic E-state index is 9.91. The first-order valence-electron chi connectivity index (χ1n) is 6.50. The average molecular weight is 266 g/mol. The van der Waals surface area contributed by atoms with Crippen LogP contribution in [0.4, 0.5) is 0 Å². The van der Waals surface area contributed by atoms with Crippen molar-refractivity contribution in [3.05, 3.63) is 41.0 Å². The predicted molar refractivity (Wildman–Crippen MR) is 72.3 cm³/mol. The van der Waals surface area contributed by atoms with E-state index < -0.39 is 6.10 Å². The third kappa shape index (κ3) is 5.05. The van der Waals surface area contributed by atoms with Crippen molar-refractivity contribution in [3.8, 4) is 0 Å². The van der Waals surface area contributed by atoms with E-state index >= 15 is 0 Å². The summed E-state index contributed by atoms with van der Waals surface area (Å²) in [6, 6.07) is 3.30. The van der Waals surface area contributed by atoms with Crippen LogP contribution in [0.1, 0.15) is 44.3 Å². The number of hydrogen-bond acceptors (Lipinski definition) is 4. The molecule has 0 aromatic carbocycles. The largest absolute Gasteiger partial charge is 0.461 e. The van der Waals surface area contributed by atoms with Crippen LogP contribution in [0.3, 0.4) is 0 Å². The number of aliphatic hydroxyl groups excluding tert-OH is 3. The van der Waals surface area contributed by atoms with E-state index in [2.05, 4.69) is 5.73 Å². The van der Waals surface area contributed by atoms with Gasteiger partial charge in [0, 0.05) is 13.0 Å². The summed E-state index contributed by atoms with van der Waals surface area (Å²) in [6.45, 7) is 4.02. The third-order valence-electron chi connectivity index (χ3n) is 2.87. The highest BCUT2D eigenvalue weighted by atomic mass is 16.4. The highest BCUT2D eigenvalue weighted by Gasteiger charge is 2.10. The van der Waals surface area contributed by atoms with E-state index in [0.29, 0.717) is 30.3 Å². The minimum atomic E-state index is -0.740. The smallest absolute Gasteiger partial charge is 0.133 e. The Balaban J connectivity index is 2.66. The van der Waals surface area contributed by atoms with Crippen LogP contribution in [0.25, 0.3) is 0 Å². The highest BCUT2D eigenvalue weighted by molar-refractivity contribution is 5.11. The Bertz CT molecular complexity index is 439. The van der Waals surface area contributed by atoms with Crippen molar-refractivity contribution >= 4 is 0 Å². The Kier molecular flexibility index (Phi) is 6.60. The zero-order valence-corrected chi connectivity index (χ0v) is 11.5. The lowest BCUT2D eigenvalue weighted by Gasteiger charge is -2.06. The van der Waals surface area contributed by atoms with Crippen LogP contribution >= 0.6 is 0 Å². The van der Waals surface area contributed by atoms with Gasteiger partial charge in [-0.25, -0.2) is 0 Å². The number of furan rings is 1. The molecule has 0 aliphatic rings. The van der Waals surface area contributed by atoms with Gasteiger partial charge in [0.2, 0.25) is 0 Å². The summed E-state index contributed by atoms with van der Waals surface area (Å²) in [5.74, 6) is 1.21. The third-order valence-corrected chi connectivity index (χ3v) is 2.87. The Labute approximate surface area is 113 Å². The van der Waals surface area contributed by atoms with Gasteiger partial charge in [-0.05, 0) is 36.1 Å². The van der Waals surface area contributed by atoms with Gasteiger partial charge in [0.1, 0.15) is 24.2 Å². The lowest BCUT2D eigenvalue weighted by atomic mass is 10.0. The summed E-state index contributed by atoms with van der Waals surface area (Å²) in [6.07, 6.45) is 2.01. The number of rotatable bonds is 7. The lowest BCUT2D eigenvalue weighted by molar-refractivity contribution is 0.145. The molecule has 0 fully saturated rings. The van der Waals surface area contributed by atoms with Crippen LogP contribution in [-0.4, -0.2) is 21.9 Å². The van der Waals surface area contributed by atoms with E-state index in [4.69, 9.17) is 14.6 Å². The van der Waals surface area contributed by atoms with Crippen LogP contribution < -0.4 is 0 Å². The molecule has 4 heteroatoms. The van der Waals surface area contributed by atoms with Crippen LogP contribution in [-0.2, 0) is 6.61 Å². The van der Waals surface area contributed by atoms with Crippen LogP contribution in [0.15, 0.2) is 33.9 Å². The van der Waals surface area contributed by atoms with Gasteiger partial charge in [-0.3, -0.25) is 0 Å². The molecule has 0 radical (unpaired) electrons. The monoisotopic (exact) mass is 266 g/mol. The second-order valence-electron chi connectivity index (χ2n) is 4.72. The molecule has 0 aliphatic carbocycles. The molecule has 4 nitrogen and oxygen atoms in total. The molecule has 0 amide bonds. The molecule has 0 unspecified atom stereocenters. The van der Waals surface area contributed by atoms with Gasteiger partial charge in [-0.1, -0.05) is 13.8 Å². The van der Waals surface area contributed by atoms with E-state index in [1.807, 2.05) is 13.8 Å². The van der Waals surface area contributed by atoms with Gasteiger partial charge in [0.25, 0.3) is 0 Å². The summed E-state index contributed by atoms with van der Waals surface area (Å²) in [5.41, 5.74) is 4.15. The fourth-order valence-electron chi connectivity index (χ4n) is 1.72. The molecule has 1 rings (SSSR count). The summed E-state index contributed by atoms with van der Waals surface area (Å²) >= 11 is 0. The van der Waals surface area contributed by atoms with Crippen LogP contribution in [0, 0.1) is 5.92 Å². The minimum absolute atomic E-state index is 0.106. The first-order valence-corrected chi connectivity index (χ1v) is 6.50. The fraction of sp³-hybridized carbons (Fsp3) is 0.533. The van der Waals surface area contributed by atoms with Crippen molar-refractivity contribution in [2.45, 2.75) is 39.4 Å². The van der Waals surface area contributed by atoms with Crippen molar-refractivity contribution in [1.82, 2.24) is 0 Å². The minimum Gasteiger partial charge on any atom is -0.461 e. The topological polar surface area (TPSA) is 73.8 Å². The highest BCUT2D eigenvalue weighted by Crippen LogP contribution is 2.20. The molecule has 0 saturated carbocycles. The maximum atomic E-state index is 9.91. The zero-order valence-electron chi connectivity index (χ0n) is 11.5. The summed E-state index contributed by atoms with van der Waals surface area (Å²) in [4.78, 5) is 0. The van der Waals surface area contributed by atoms with E-state index in [-0.39, 0.29) is 13.2 Å². The normalized spacial score (nSPS) is 12.3. The average Bonchev–Trinajstić information content (AvgIpc) is 2.86. The molecule has 3 N–H and O–H groups in total. The number of hydrogen-bond donors (Lipinski definition) is 3. The first-order chi connectivity index (χ1) is 9.08. The zero-order chi connectivity index (χ0) is 14.3. The summed E-state index contributed by atoms with van der Waals surface area (Å²) in [7, 11) is 0.